The number of nitrogens with one attached hydrogen (secondary N) is 1. The lowest BCUT2D eigenvalue weighted by atomic mass is 9.82. The number of pyridine rings is 1. The molecule has 2 atom stereocenters. The molecule has 2 fully saturated rings. The third kappa shape index (κ3) is 6.06. The standard InChI is InChI=1S/C32H31ClF3N7O3S2/c1-31(41-48(45,46)20-7-10-32(44,11-8-20)25-4-2-3-12-37-25)17-24-26(23-9-14-43(40-23)30(35)36)27(21-6-5-19(34)16-22(21)33)39-28(42(24)18-31)29-38-13-15-47-29/h2-6,9,12-16,20,27,30,41,44H,7-8,10-11,17-18H2,1H3/t20?,27-,31-,32?/m0/s1. The molecule has 4 aromatic rings. The molecule has 3 aliphatic rings. The number of amidine groups is 1. The van der Waals surface area contributed by atoms with E-state index >= 15 is 0 Å². The number of thiazole rings is 1. The molecule has 2 N–H and O–H groups in total. The summed E-state index contributed by atoms with van der Waals surface area (Å²) in [4.78, 5) is 15.6. The number of aromatic nitrogens is 4. The first-order valence-corrected chi connectivity index (χ1v) is 18.1. The van der Waals surface area contributed by atoms with Crippen LogP contribution >= 0.6 is 22.9 Å². The van der Waals surface area contributed by atoms with E-state index < -0.39 is 44.8 Å². The first-order chi connectivity index (χ1) is 22.9. The van der Waals surface area contributed by atoms with E-state index in [1.54, 1.807) is 42.9 Å². The first-order valence-electron chi connectivity index (χ1n) is 15.3. The Hall–Kier alpha value is -3.63. The van der Waals surface area contributed by atoms with Gasteiger partial charge >= 0.3 is 6.55 Å². The van der Waals surface area contributed by atoms with Gasteiger partial charge in [0.1, 0.15) is 17.5 Å². The molecule has 0 unspecified atom stereocenters. The molecule has 1 saturated heterocycles. The van der Waals surface area contributed by atoms with Crippen molar-refractivity contribution in [1.29, 1.82) is 0 Å². The van der Waals surface area contributed by atoms with Crippen LogP contribution in [0.25, 0.3) is 5.57 Å². The molecule has 7 rings (SSSR count). The summed E-state index contributed by atoms with van der Waals surface area (Å²) in [5.74, 6) is -0.103. The van der Waals surface area contributed by atoms with Gasteiger partial charge in [-0.1, -0.05) is 23.7 Å². The number of fused-ring (bicyclic) bond motifs is 1. The molecule has 0 radical (unpaired) electrons. The molecule has 2 aliphatic heterocycles. The van der Waals surface area contributed by atoms with Gasteiger partial charge in [0.2, 0.25) is 10.0 Å². The minimum absolute atomic E-state index is 0.0894. The summed E-state index contributed by atoms with van der Waals surface area (Å²) in [6.07, 6.45) is 5.49. The van der Waals surface area contributed by atoms with Crippen LogP contribution in [0, 0.1) is 5.82 Å². The topological polar surface area (TPSA) is 126 Å². The summed E-state index contributed by atoms with van der Waals surface area (Å²) in [6.45, 7) is -0.941. The lowest BCUT2D eigenvalue weighted by molar-refractivity contribution is -0.00385. The fourth-order valence-electron chi connectivity index (χ4n) is 6.92. The molecule has 0 amide bonds. The fraction of sp³-hybridized carbons (Fsp3) is 0.375. The van der Waals surface area contributed by atoms with Crippen molar-refractivity contribution in [3.8, 4) is 0 Å². The maximum atomic E-state index is 14.2. The highest BCUT2D eigenvalue weighted by Gasteiger charge is 2.49. The Balaban J connectivity index is 1.26. The van der Waals surface area contributed by atoms with Crippen LogP contribution in [0.2, 0.25) is 5.02 Å². The van der Waals surface area contributed by atoms with Gasteiger partial charge in [-0.25, -0.2) is 27.2 Å². The molecular weight excluding hydrogens is 687 g/mol. The van der Waals surface area contributed by atoms with Crippen LogP contribution in [0.4, 0.5) is 13.2 Å². The van der Waals surface area contributed by atoms with Gasteiger partial charge < -0.3 is 10.0 Å². The second-order valence-electron chi connectivity index (χ2n) is 12.6. The molecular formula is C32H31ClF3N7O3S2. The number of benzene rings is 1. The van der Waals surface area contributed by atoms with E-state index in [0.29, 0.717) is 38.1 Å². The van der Waals surface area contributed by atoms with Crippen LogP contribution in [0.1, 0.15) is 73.6 Å². The van der Waals surface area contributed by atoms with E-state index in [1.807, 2.05) is 4.90 Å². The van der Waals surface area contributed by atoms with Crippen molar-refractivity contribution in [3.63, 3.8) is 0 Å². The van der Waals surface area contributed by atoms with E-state index in [4.69, 9.17) is 16.6 Å². The highest BCUT2D eigenvalue weighted by Crippen LogP contribution is 2.48. The highest BCUT2D eigenvalue weighted by atomic mass is 35.5. The smallest absolute Gasteiger partial charge is 0.333 e. The fourth-order valence-corrected chi connectivity index (χ4v) is 9.68. The first kappa shape index (κ1) is 32.9. The van der Waals surface area contributed by atoms with Crippen molar-refractivity contribution >= 4 is 44.4 Å². The van der Waals surface area contributed by atoms with Crippen LogP contribution in [0.3, 0.4) is 0 Å². The zero-order valence-electron chi connectivity index (χ0n) is 25.6. The minimum Gasteiger partial charge on any atom is -0.384 e. The molecule has 16 heteroatoms. The Morgan fingerprint density at radius 2 is 1.92 bits per heavy atom. The molecule has 48 heavy (non-hydrogen) atoms. The van der Waals surface area contributed by atoms with E-state index in [0.717, 1.165) is 12.3 Å². The predicted molar refractivity (Wildman–Crippen MR) is 175 cm³/mol. The largest absolute Gasteiger partial charge is 0.384 e. The quantitative estimate of drug-likeness (QED) is 0.227. The summed E-state index contributed by atoms with van der Waals surface area (Å²) in [7, 11) is -3.90. The van der Waals surface area contributed by atoms with Crippen molar-refractivity contribution in [3.05, 3.63) is 105 Å². The number of rotatable bonds is 8. The monoisotopic (exact) mass is 717 g/mol. The van der Waals surface area contributed by atoms with Crippen molar-refractivity contribution in [2.45, 2.75) is 68.0 Å². The van der Waals surface area contributed by atoms with E-state index in [-0.39, 0.29) is 49.4 Å². The Morgan fingerprint density at radius 3 is 2.56 bits per heavy atom. The van der Waals surface area contributed by atoms with Gasteiger partial charge in [0.25, 0.3) is 0 Å². The molecule has 0 bridgehead atoms. The maximum absolute atomic E-state index is 14.2. The number of aliphatic imine (C=N–C) groups is 1. The van der Waals surface area contributed by atoms with E-state index in [1.165, 1.54) is 29.5 Å². The Bertz CT molecular complexity index is 2000. The van der Waals surface area contributed by atoms with Gasteiger partial charge in [0.05, 0.1) is 22.2 Å². The van der Waals surface area contributed by atoms with Gasteiger partial charge in [-0.2, -0.15) is 13.9 Å². The number of hydrogen-bond acceptors (Lipinski definition) is 9. The summed E-state index contributed by atoms with van der Waals surface area (Å²) >= 11 is 7.89. The number of aliphatic hydroxyl groups is 1. The number of halogens is 4. The zero-order valence-corrected chi connectivity index (χ0v) is 28.0. The molecule has 1 aliphatic carbocycles. The van der Waals surface area contributed by atoms with Crippen molar-refractivity contribution in [1.82, 2.24) is 29.4 Å². The Kier molecular flexibility index (Phi) is 8.47. The molecule has 1 saturated carbocycles. The number of alkyl halides is 2. The molecule has 0 spiro atoms. The highest BCUT2D eigenvalue weighted by molar-refractivity contribution is 7.90. The molecule has 10 nitrogen and oxygen atoms in total. The Labute approximate surface area is 284 Å². The Morgan fingerprint density at radius 1 is 1.12 bits per heavy atom. The van der Waals surface area contributed by atoms with Crippen LogP contribution < -0.4 is 4.72 Å². The molecule has 5 heterocycles. The summed E-state index contributed by atoms with van der Waals surface area (Å²) in [5, 5.41) is 17.1. The normalized spacial score (nSPS) is 26.2. The van der Waals surface area contributed by atoms with Crippen LogP contribution in [0.15, 0.2) is 77.1 Å². The van der Waals surface area contributed by atoms with E-state index in [9.17, 15) is 26.7 Å². The minimum atomic E-state index is -3.90. The summed E-state index contributed by atoms with van der Waals surface area (Å²) in [5.41, 5.74) is -0.0514. The number of nitrogens with zero attached hydrogens (tertiary/aromatic N) is 6. The lowest BCUT2D eigenvalue weighted by Crippen LogP contribution is -2.52. The third-order valence-corrected chi connectivity index (χ3v) is 12.4. The number of hydrogen-bond donors (Lipinski definition) is 2. The van der Waals surface area contributed by atoms with Gasteiger partial charge in [-0.3, -0.25) is 9.98 Å². The van der Waals surface area contributed by atoms with Gasteiger partial charge in [-0.05, 0) is 62.9 Å². The number of sulfonamides is 1. The summed E-state index contributed by atoms with van der Waals surface area (Å²) in [6, 6.07) is 9.77. The van der Waals surface area contributed by atoms with Gasteiger partial charge in [0, 0.05) is 58.8 Å². The average Bonchev–Trinajstić information content (AvgIpc) is 3.81. The maximum Gasteiger partial charge on any atom is 0.333 e. The zero-order chi connectivity index (χ0) is 33.8. The van der Waals surface area contributed by atoms with Crippen LogP contribution in [0.5, 0.6) is 0 Å². The van der Waals surface area contributed by atoms with E-state index in [2.05, 4.69) is 19.8 Å². The average molecular weight is 718 g/mol. The van der Waals surface area contributed by atoms with Crippen molar-refractivity contribution < 1.29 is 26.7 Å². The second kappa shape index (κ2) is 12.4. The lowest BCUT2D eigenvalue weighted by Gasteiger charge is -2.36. The SMILES string of the molecule is C[C@]1(NS(=O)(=O)C2CCC(O)(c3ccccn3)CC2)CC2=C(c3ccn(C(F)F)n3)[C@H](c3ccc(F)cc3Cl)N=C(c3nccs3)N2C1. The van der Waals surface area contributed by atoms with Crippen molar-refractivity contribution in [2.75, 3.05) is 6.54 Å². The summed E-state index contributed by atoms with van der Waals surface area (Å²) < 4.78 is 73.0. The van der Waals surface area contributed by atoms with Gasteiger partial charge in [0.15, 0.2) is 10.8 Å². The second-order valence-corrected chi connectivity index (χ2v) is 15.9. The van der Waals surface area contributed by atoms with Crippen LogP contribution in [-0.4, -0.2) is 61.3 Å². The molecule has 1 aromatic carbocycles. The predicted octanol–water partition coefficient (Wildman–Crippen LogP) is 6.05. The molecule has 3 aromatic heterocycles. The van der Waals surface area contributed by atoms with Gasteiger partial charge in [-0.15, -0.1) is 11.3 Å². The molecule has 252 valence electrons. The third-order valence-electron chi connectivity index (χ3n) is 9.18. The van der Waals surface area contributed by atoms with Crippen LogP contribution in [-0.2, 0) is 15.6 Å². The van der Waals surface area contributed by atoms with Crippen molar-refractivity contribution in [2.24, 2.45) is 4.99 Å².